The molecule has 160 valence electrons. The predicted molar refractivity (Wildman–Crippen MR) is 114 cm³/mol. The molecule has 0 aliphatic carbocycles. The highest BCUT2D eigenvalue weighted by Gasteiger charge is 2.19. The van der Waals surface area contributed by atoms with E-state index in [2.05, 4.69) is 26.1 Å². The molecule has 3 rings (SSSR count). The third-order valence-corrected chi connectivity index (χ3v) is 5.18. The summed E-state index contributed by atoms with van der Waals surface area (Å²) in [7, 11) is 4.85. The summed E-state index contributed by atoms with van der Waals surface area (Å²) in [6, 6.07) is 7.04. The van der Waals surface area contributed by atoms with E-state index in [0.29, 0.717) is 29.5 Å². The largest absolute Gasteiger partial charge is 0.493 e. The maximum atomic E-state index is 12.8. The third-order valence-electron chi connectivity index (χ3n) is 4.51. The Kier molecular flexibility index (Phi) is 6.99. The maximum absolute atomic E-state index is 12.8. The fraction of sp³-hybridized carbons (Fsp3) is 0.350. The molecule has 2 aromatic heterocycles. The van der Waals surface area contributed by atoms with Crippen molar-refractivity contribution in [1.82, 2.24) is 24.5 Å². The van der Waals surface area contributed by atoms with Crippen LogP contribution in [0.3, 0.4) is 0 Å². The van der Waals surface area contributed by atoms with Crippen molar-refractivity contribution in [3.63, 3.8) is 0 Å². The summed E-state index contributed by atoms with van der Waals surface area (Å²) in [4.78, 5) is 14.4. The van der Waals surface area contributed by atoms with E-state index in [1.54, 1.807) is 61.4 Å². The van der Waals surface area contributed by atoms with Crippen LogP contribution in [0.25, 0.3) is 0 Å². The van der Waals surface area contributed by atoms with E-state index in [0.717, 1.165) is 16.7 Å². The van der Waals surface area contributed by atoms with Crippen LogP contribution in [-0.4, -0.2) is 51.6 Å². The molecule has 0 atom stereocenters. The molecule has 0 radical (unpaired) electrons. The number of halogens is 1. The van der Waals surface area contributed by atoms with Crippen molar-refractivity contribution in [1.29, 1.82) is 0 Å². The lowest BCUT2D eigenvalue weighted by Crippen LogP contribution is -2.28. The van der Waals surface area contributed by atoms with E-state index < -0.39 is 0 Å². The minimum Gasteiger partial charge on any atom is -0.493 e. The minimum absolute atomic E-state index is 0.0991. The van der Waals surface area contributed by atoms with Gasteiger partial charge in [-0.15, -0.1) is 0 Å². The van der Waals surface area contributed by atoms with Crippen molar-refractivity contribution >= 4 is 21.8 Å². The Balaban J connectivity index is 1.67. The van der Waals surface area contributed by atoms with Gasteiger partial charge in [-0.05, 0) is 41.1 Å². The van der Waals surface area contributed by atoms with Gasteiger partial charge in [-0.1, -0.05) is 6.07 Å². The molecular formula is C20H24BrN5O4. The van der Waals surface area contributed by atoms with Gasteiger partial charge in [0.1, 0.15) is 0 Å². The summed E-state index contributed by atoms with van der Waals surface area (Å²) < 4.78 is 20.7. The fourth-order valence-electron chi connectivity index (χ4n) is 2.95. The van der Waals surface area contributed by atoms with Crippen LogP contribution in [0.15, 0.2) is 41.1 Å². The number of carbonyl (C=O) groups is 1. The number of nitrogens with zero attached hydrogens (tertiary/aromatic N) is 5. The second kappa shape index (κ2) is 9.66. The highest BCUT2D eigenvalue weighted by atomic mass is 79.9. The molecule has 0 unspecified atom stereocenters. The number of amides is 1. The monoisotopic (exact) mass is 477 g/mol. The van der Waals surface area contributed by atoms with Crippen LogP contribution in [0.2, 0.25) is 0 Å². The Morgan fingerprint density at radius 3 is 2.53 bits per heavy atom. The molecule has 0 saturated heterocycles. The molecule has 2 heterocycles. The van der Waals surface area contributed by atoms with E-state index in [1.807, 2.05) is 17.7 Å². The molecular weight excluding hydrogens is 454 g/mol. The van der Waals surface area contributed by atoms with Gasteiger partial charge in [-0.25, -0.2) is 4.68 Å². The van der Waals surface area contributed by atoms with Gasteiger partial charge in [0.25, 0.3) is 5.91 Å². The minimum atomic E-state index is -0.195. The predicted octanol–water partition coefficient (Wildman–Crippen LogP) is 3.19. The van der Waals surface area contributed by atoms with Crippen molar-refractivity contribution in [3.05, 3.63) is 52.5 Å². The van der Waals surface area contributed by atoms with Crippen molar-refractivity contribution in [3.8, 4) is 17.2 Å². The number of aryl methyl sites for hydroxylation is 1. The summed E-state index contributed by atoms with van der Waals surface area (Å²) in [6.07, 6.45) is 3.42. The third kappa shape index (κ3) is 4.59. The number of carbonyl (C=O) groups excluding carboxylic acids is 1. The normalized spacial score (nSPS) is 10.7. The SMILES string of the molecule is CCn1ncc(Br)c1CN(C)C(=O)c1ccn(COc2c(OC)cccc2OC)n1. The lowest BCUT2D eigenvalue weighted by molar-refractivity contribution is 0.0773. The van der Waals surface area contributed by atoms with Gasteiger partial charge < -0.3 is 19.1 Å². The molecule has 3 aromatic rings. The Bertz CT molecular complexity index is 994. The number of aromatic nitrogens is 4. The second-order valence-corrected chi connectivity index (χ2v) is 7.28. The number of ether oxygens (including phenoxy) is 3. The molecule has 0 spiro atoms. The first-order valence-electron chi connectivity index (χ1n) is 9.31. The Morgan fingerprint density at radius 2 is 1.90 bits per heavy atom. The number of benzene rings is 1. The Labute approximate surface area is 183 Å². The van der Waals surface area contributed by atoms with Gasteiger partial charge in [-0.3, -0.25) is 9.48 Å². The molecule has 0 N–H and O–H groups in total. The van der Waals surface area contributed by atoms with Crippen LogP contribution in [0.1, 0.15) is 23.1 Å². The van der Waals surface area contributed by atoms with E-state index in [9.17, 15) is 4.79 Å². The number of hydrogen-bond donors (Lipinski definition) is 0. The van der Waals surface area contributed by atoms with Crippen LogP contribution in [0.5, 0.6) is 17.2 Å². The lowest BCUT2D eigenvalue weighted by Gasteiger charge is -2.17. The van der Waals surface area contributed by atoms with Crippen molar-refractivity contribution in [2.24, 2.45) is 0 Å². The molecule has 30 heavy (non-hydrogen) atoms. The fourth-order valence-corrected chi connectivity index (χ4v) is 3.37. The highest BCUT2D eigenvalue weighted by molar-refractivity contribution is 9.10. The smallest absolute Gasteiger partial charge is 0.274 e. The number of para-hydroxylation sites is 1. The Morgan fingerprint density at radius 1 is 1.20 bits per heavy atom. The Hall–Kier alpha value is -3.01. The first kappa shape index (κ1) is 21.7. The molecule has 0 bridgehead atoms. The average Bonchev–Trinajstić information content (AvgIpc) is 3.38. The van der Waals surface area contributed by atoms with Gasteiger partial charge >= 0.3 is 0 Å². The molecule has 0 saturated carbocycles. The molecule has 9 nitrogen and oxygen atoms in total. The maximum Gasteiger partial charge on any atom is 0.274 e. The van der Waals surface area contributed by atoms with Crippen LogP contribution in [0, 0.1) is 0 Å². The summed E-state index contributed by atoms with van der Waals surface area (Å²) >= 11 is 3.48. The first-order chi connectivity index (χ1) is 14.5. The lowest BCUT2D eigenvalue weighted by atomic mass is 10.3. The molecule has 10 heteroatoms. The molecule has 0 aliphatic heterocycles. The van der Waals surface area contributed by atoms with Gasteiger partial charge in [0.15, 0.2) is 23.9 Å². The zero-order valence-electron chi connectivity index (χ0n) is 17.3. The number of methoxy groups -OCH3 is 2. The quantitative estimate of drug-likeness (QED) is 0.470. The number of rotatable bonds is 9. The summed E-state index contributed by atoms with van der Waals surface area (Å²) in [5, 5.41) is 8.62. The first-order valence-corrected chi connectivity index (χ1v) is 10.1. The standard InChI is InChI=1S/C20H24BrN5O4/c1-5-26-16(14(21)11-22-26)12-24(2)20(27)15-9-10-25(23-15)13-30-19-17(28-3)7-6-8-18(19)29-4/h6-11H,5,12-13H2,1-4H3. The zero-order chi connectivity index (χ0) is 21.7. The van der Waals surface area contributed by atoms with Gasteiger partial charge in [0.2, 0.25) is 5.75 Å². The zero-order valence-corrected chi connectivity index (χ0v) is 18.9. The number of hydrogen-bond acceptors (Lipinski definition) is 6. The van der Waals surface area contributed by atoms with Crippen LogP contribution in [-0.2, 0) is 19.8 Å². The molecule has 1 amide bonds. The van der Waals surface area contributed by atoms with Crippen molar-refractivity contribution in [2.45, 2.75) is 26.7 Å². The van der Waals surface area contributed by atoms with Crippen molar-refractivity contribution < 1.29 is 19.0 Å². The summed E-state index contributed by atoms with van der Waals surface area (Å²) in [6.45, 7) is 3.24. The van der Waals surface area contributed by atoms with Crippen molar-refractivity contribution in [2.75, 3.05) is 21.3 Å². The second-order valence-electron chi connectivity index (χ2n) is 6.42. The molecule has 0 fully saturated rings. The van der Waals surface area contributed by atoms with Crippen LogP contribution >= 0.6 is 15.9 Å². The van der Waals surface area contributed by atoms with E-state index >= 15 is 0 Å². The molecule has 0 aliphatic rings. The topological polar surface area (TPSA) is 83.6 Å². The van der Waals surface area contributed by atoms with E-state index in [1.165, 1.54) is 0 Å². The summed E-state index contributed by atoms with van der Waals surface area (Å²) in [5.74, 6) is 1.38. The van der Waals surface area contributed by atoms with E-state index in [4.69, 9.17) is 14.2 Å². The van der Waals surface area contributed by atoms with Gasteiger partial charge in [0.05, 0.1) is 37.1 Å². The highest BCUT2D eigenvalue weighted by Crippen LogP contribution is 2.36. The van der Waals surface area contributed by atoms with Gasteiger partial charge in [-0.2, -0.15) is 10.2 Å². The van der Waals surface area contributed by atoms with E-state index in [-0.39, 0.29) is 12.6 Å². The van der Waals surface area contributed by atoms with Gasteiger partial charge in [0, 0.05) is 19.8 Å². The van der Waals surface area contributed by atoms with Crippen LogP contribution in [0.4, 0.5) is 0 Å². The van der Waals surface area contributed by atoms with Crippen LogP contribution < -0.4 is 14.2 Å². The summed E-state index contributed by atoms with van der Waals surface area (Å²) in [5.41, 5.74) is 1.26. The molecule has 1 aromatic carbocycles. The average molecular weight is 478 g/mol.